The van der Waals surface area contributed by atoms with Crippen LogP contribution in [-0.4, -0.2) is 54.1 Å². The number of hydrogen-bond donors (Lipinski definition) is 1. The summed E-state index contributed by atoms with van der Waals surface area (Å²) in [4.78, 5) is 9.04. The molecular formula is C20H29N5S. The summed E-state index contributed by atoms with van der Waals surface area (Å²) in [5.41, 5.74) is 3.87. The Kier molecular flexibility index (Phi) is 6.50. The van der Waals surface area contributed by atoms with Gasteiger partial charge in [0.15, 0.2) is 5.96 Å². The number of rotatable bonds is 5. The number of anilines is 1. The van der Waals surface area contributed by atoms with Crippen molar-refractivity contribution < 1.29 is 0 Å². The van der Waals surface area contributed by atoms with Crippen molar-refractivity contribution in [2.75, 3.05) is 43.6 Å². The number of guanidine groups is 1. The number of benzene rings is 1. The van der Waals surface area contributed by atoms with Gasteiger partial charge in [0.05, 0.1) is 6.54 Å². The Morgan fingerprint density at radius 3 is 2.54 bits per heavy atom. The third-order valence-electron chi connectivity index (χ3n) is 4.79. The quantitative estimate of drug-likeness (QED) is 0.648. The van der Waals surface area contributed by atoms with E-state index in [9.17, 15) is 0 Å². The van der Waals surface area contributed by atoms with E-state index in [-0.39, 0.29) is 0 Å². The first-order valence-corrected chi connectivity index (χ1v) is 10.3. The monoisotopic (exact) mass is 371 g/mol. The van der Waals surface area contributed by atoms with Crippen LogP contribution in [0.5, 0.6) is 0 Å². The van der Waals surface area contributed by atoms with Gasteiger partial charge in [0, 0.05) is 69.9 Å². The van der Waals surface area contributed by atoms with Crippen LogP contribution in [0.2, 0.25) is 0 Å². The molecule has 0 spiro atoms. The zero-order valence-electron chi connectivity index (χ0n) is 16.0. The van der Waals surface area contributed by atoms with Crippen molar-refractivity contribution in [2.45, 2.75) is 13.1 Å². The Balaban J connectivity index is 1.54. The second kappa shape index (κ2) is 9.03. The Bertz CT molecular complexity index is 716. The van der Waals surface area contributed by atoms with Gasteiger partial charge in [-0.25, -0.2) is 0 Å². The molecule has 0 radical (unpaired) electrons. The van der Waals surface area contributed by atoms with E-state index in [2.05, 4.69) is 81.4 Å². The minimum atomic E-state index is 0.778. The second-order valence-electron chi connectivity index (χ2n) is 6.63. The molecule has 1 fully saturated rings. The zero-order valence-corrected chi connectivity index (χ0v) is 16.8. The summed E-state index contributed by atoms with van der Waals surface area (Å²) >= 11 is 2.04. The van der Waals surface area contributed by atoms with Crippen LogP contribution in [-0.2, 0) is 20.1 Å². The van der Waals surface area contributed by atoms with Gasteiger partial charge >= 0.3 is 0 Å². The summed E-state index contributed by atoms with van der Waals surface area (Å²) in [6, 6.07) is 13.1. The van der Waals surface area contributed by atoms with Crippen LogP contribution in [0.25, 0.3) is 0 Å². The van der Waals surface area contributed by atoms with Crippen molar-refractivity contribution in [1.82, 2.24) is 14.8 Å². The Morgan fingerprint density at radius 2 is 1.92 bits per heavy atom. The average molecular weight is 372 g/mol. The Labute approximate surface area is 161 Å². The minimum Gasteiger partial charge on any atom is -0.370 e. The minimum absolute atomic E-state index is 0.778. The van der Waals surface area contributed by atoms with Crippen LogP contribution in [0, 0.1) is 0 Å². The van der Waals surface area contributed by atoms with Gasteiger partial charge in [0.25, 0.3) is 0 Å². The summed E-state index contributed by atoms with van der Waals surface area (Å²) in [6.07, 6.45) is 2.07. The predicted octanol–water partition coefficient (Wildman–Crippen LogP) is 2.79. The molecule has 140 valence electrons. The van der Waals surface area contributed by atoms with E-state index < -0.39 is 0 Å². The van der Waals surface area contributed by atoms with Crippen molar-refractivity contribution in [3.8, 4) is 0 Å². The van der Waals surface area contributed by atoms with Gasteiger partial charge in [-0.05, 0) is 29.8 Å². The first-order chi connectivity index (χ1) is 12.7. The van der Waals surface area contributed by atoms with Crippen molar-refractivity contribution in [2.24, 2.45) is 12.0 Å². The van der Waals surface area contributed by atoms with Crippen LogP contribution < -0.4 is 10.2 Å². The highest BCUT2D eigenvalue weighted by molar-refractivity contribution is 7.99. The number of nitrogens with one attached hydrogen (secondary N) is 1. The second-order valence-corrected chi connectivity index (χ2v) is 7.86. The molecule has 1 aliphatic rings. The van der Waals surface area contributed by atoms with Gasteiger partial charge in [-0.15, -0.1) is 0 Å². The molecule has 0 unspecified atom stereocenters. The standard InChI is InChI=1S/C20H29N5S/c1-21-20(24(3)16-19-5-4-10-23(19)2)22-15-17-6-8-18(9-7-17)25-11-13-26-14-12-25/h4-10H,11-16H2,1-3H3,(H,21,22). The number of aryl methyl sites for hydroxylation is 1. The van der Waals surface area contributed by atoms with Gasteiger partial charge in [-0.1, -0.05) is 12.1 Å². The maximum absolute atomic E-state index is 4.42. The fourth-order valence-corrected chi connectivity index (χ4v) is 4.09. The summed E-state index contributed by atoms with van der Waals surface area (Å²) in [7, 11) is 5.98. The molecule has 2 aromatic rings. The zero-order chi connectivity index (χ0) is 18.4. The van der Waals surface area contributed by atoms with Gasteiger partial charge in [-0.3, -0.25) is 4.99 Å². The van der Waals surface area contributed by atoms with Crippen LogP contribution >= 0.6 is 11.8 Å². The van der Waals surface area contributed by atoms with Gasteiger partial charge in [-0.2, -0.15) is 11.8 Å². The predicted molar refractivity (Wildman–Crippen MR) is 113 cm³/mol. The van der Waals surface area contributed by atoms with Crippen LogP contribution in [0.3, 0.4) is 0 Å². The number of aromatic nitrogens is 1. The fourth-order valence-electron chi connectivity index (χ4n) is 3.19. The summed E-state index contributed by atoms with van der Waals surface area (Å²) in [5.74, 6) is 3.36. The lowest BCUT2D eigenvalue weighted by Gasteiger charge is -2.28. The smallest absolute Gasteiger partial charge is 0.194 e. The SMILES string of the molecule is CN=C(NCc1ccc(N2CCSCC2)cc1)N(C)Cc1cccn1C. The summed E-state index contributed by atoms with van der Waals surface area (Å²) < 4.78 is 2.14. The van der Waals surface area contributed by atoms with E-state index >= 15 is 0 Å². The molecule has 0 aliphatic carbocycles. The highest BCUT2D eigenvalue weighted by Crippen LogP contribution is 2.19. The van der Waals surface area contributed by atoms with Crippen LogP contribution in [0.4, 0.5) is 5.69 Å². The topological polar surface area (TPSA) is 35.8 Å². The van der Waals surface area contributed by atoms with Gasteiger partial charge in [0.1, 0.15) is 0 Å². The molecule has 1 aliphatic heterocycles. The third kappa shape index (κ3) is 4.75. The highest BCUT2D eigenvalue weighted by atomic mass is 32.2. The Hall–Kier alpha value is -2.08. The average Bonchev–Trinajstić information content (AvgIpc) is 3.08. The first kappa shape index (κ1) is 18.7. The number of nitrogens with zero attached hydrogens (tertiary/aromatic N) is 4. The molecule has 5 nitrogen and oxygen atoms in total. The first-order valence-electron chi connectivity index (χ1n) is 9.11. The van der Waals surface area contributed by atoms with E-state index in [0.29, 0.717) is 0 Å². The lowest BCUT2D eigenvalue weighted by atomic mass is 10.2. The molecule has 1 saturated heterocycles. The molecule has 6 heteroatoms. The maximum Gasteiger partial charge on any atom is 0.194 e. The number of hydrogen-bond acceptors (Lipinski definition) is 3. The molecule has 1 N–H and O–H groups in total. The molecular weight excluding hydrogens is 342 g/mol. The molecule has 0 amide bonds. The fraction of sp³-hybridized carbons (Fsp3) is 0.450. The van der Waals surface area contributed by atoms with E-state index in [1.807, 2.05) is 18.8 Å². The molecule has 2 heterocycles. The molecule has 0 saturated carbocycles. The number of thioether (sulfide) groups is 1. The molecule has 0 atom stereocenters. The lowest BCUT2D eigenvalue weighted by molar-refractivity contribution is 0.461. The van der Waals surface area contributed by atoms with Crippen molar-refractivity contribution >= 4 is 23.4 Å². The normalized spacial score (nSPS) is 15.2. The molecule has 1 aromatic carbocycles. The van der Waals surface area contributed by atoms with Gasteiger partial charge < -0.3 is 19.7 Å². The van der Waals surface area contributed by atoms with Crippen molar-refractivity contribution in [3.05, 3.63) is 53.9 Å². The van der Waals surface area contributed by atoms with Crippen molar-refractivity contribution in [3.63, 3.8) is 0 Å². The summed E-state index contributed by atoms with van der Waals surface area (Å²) in [6.45, 7) is 3.91. The van der Waals surface area contributed by atoms with Crippen LogP contribution in [0.1, 0.15) is 11.3 Å². The lowest BCUT2D eigenvalue weighted by Crippen LogP contribution is -2.38. The third-order valence-corrected chi connectivity index (χ3v) is 5.73. The van der Waals surface area contributed by atoms with Gasteiger partial charge in [0.2, 0.25) is 0 Å². The van der Waals surface area contributed by atoms with E-state index in [0.717, 1.165) is 32.1 Å². The molecule has 1 aromatic heterocycles. The van der Waals surface area contributed by atoms with Crippen LogP contribution in [0.15, 0.2) is 47.6 Å². The molecule has 26 heavy (non-hydrogen) atoms. The molecule has 0 bridgehead atoms. The highest BCUT2D eigenvalue weighted by Gasteiger charge is 2.11. The molecule has 3 rings (SSSR count). The largest absolute Gasteiger partial charge is 0.370 e. The number of aliphatic imine (C=N–C) groups is 1. The van der Waals surface area contributed by atoms with Crippen molar-refractivity contribution in [1.29, 1.82) is 0 Å². The summed E-state index contributed by atoms with van der Waals surface area (Å²) in [5, 5.41) is 3.47. The Morgan fingerprint density at radius 1 is 1.19 bits per heavy atom. The van der Waals surface area contributed by atoms with E-state index in [1.54, 1.807) is 0 Å². The van der Waals surface area contributed by atoms with E-state index in [4.69, 9.17) is 0 Å². The maximum atomic E-state index is 4.42. The van der Waals surface area contributed by atoms with E-state index in [1.165, 1.54) is 28.5 Å².